The number of carbonyl (C=O) groups is 1. The third-order valence-corrected chi connectivity index (χ3v) is 2.63. The lowest BCUT2D eigenvalue weighted by molar-refractivity contribution is 0.0996. The molecule has 0 aliphatic rings. The molecule has 88 valence electrons. The number of amides is 1. The monoisotopic (exact) mass is 253 g/mol. The van der Waals surface area contributed by atoms with E-state index < -0.39 is 5.91 Å². The Bertz CT molecular complexity index is 571. The summed E-state index contributed by atoms with van der Waals surface area (Å²) in [5, 5.41) is 0.313. The van der Waals surface area contributed by atoms with E-state index >= 15 is 0 Å². The number of carbonyl (C=O) groups excluding carboxylic acids is 1. The molecule has 2 aromatic rings. The van der Waals surface area contributed by atoms with Crippen molar-refractivity contribution in [1.82, 2.24) is 4.98 Å². The van der Waals surface area contributed by atoms with Crippen molar-refractivity contribution in [2.45, 2.75) is 5.22 Å². The summed E-state index contributed by atoms with van der Waals surface area (Å²) in [7, 11) is 0. The number of nitrogens with zero attached hydrogens (tertiary/aromatic N) is 1. The standard InChI is InChI=1S/C11H9FN2O2S/c1-17-11-14-8(10(13)15)9(16-11)6-2-4-7(12)5-3-6/h2-5H,1H3,(H2,13,15)/i/hD. The minimum Gasteiger partial charge on any atom is -0.430 e. The van der Waals surface area contributed by atoms with Gasteiger partial charge in [-0.2, -0.15) is 4.98 Å². The topological polar surface area (TPSA) is 69.1 Å². The second-order valence-corrected chi connectivity index (χ2v) is 3.96. The van der Waals surface area contributed by atoms with Gasteiger partial charge in [0.2, 0.25) is 0 Å². The molecule has 2 N–H and O–H groups in total. The third kappa shape index (κ3) is 2.31. The number of benzene rings is 1. The summed E-state index contributed by atoms with van der Waals surface area (Å²) in [5.74, 6) is -0.822. The van der Waals surface area contributed by atoms with Gasteiger partial charge in [-0.3, -0.25) is 4.79 Å². The number of hydrogen-bond donors (Lipinski definition) is 1. The highest BCUT2D eigenvalue weighted by Gasteiger charge is 2.18. The molecule has 2 rings (SSSR count). The Morgan fingerprint density at radius 2 is 2.24 bits per heavy atom. The Kier molecular flexibility index (Phi) is 2.79. The van der Waals surface area contributed by atoms with Crippen LogP contribution in [0.1, 0.15) is 10.5 Å². The molecule has 0 saturated heterocycles. The van der Waals surface area contributed by atoms with Crippen molar-refractivity contribution in [3.63, 3.8) is 0 Å². The predicted molar refractivity (Wildman–Crippen MR) is 62.2 cm³/mol. The van der Waals surface area contributed by atoms with E-state index in [4.69, 9.17) is 5.83 Å². The first-order valence-corrected chi connectivity index (χ1v) is 5.91. The SMILES string of the molecule is [2H]NC(=O)c1nc(SC)oc1-c1ccc(F)cc1. The Balaban J connectivity index is 2.51. The van der Waals surface area contributed by atoms with Gasteiger partial charge in [-0.1, -0.05) is 11.8 Å². The Labute approximate surface area is 102 Å². The summed E-state index contributed by atoms with van der Waals surface area (Å²) in [6.07, 6.45) is 1.75. The van der Waals surface area contributed by atoms with Crippen LogP contribution in [-0.2, 0) is 0 Å². The minimum atomic E-state index is -0.668. The largest absolute Gasteiger partial charge is 0.430 e. The number of nitrogens with two attached hydrogens (primary N) is 1. The number of thioether (sulfide) groups is 1. The van der Waals surface area contributed by atoms with Crippen molar-refractivity contribution in [2.24, 2.45) is 5.73 Å². The fraction of sp³-hybridized carbons (Fsp3) is 0.0909. The highest BCUT2D eigenvalue weighted by Crippen LogP contribution is 2.28. The second kappa shape index (κ2) is 4.58. The molecular weight excluding hydrogens is 243 g/mol. The number of hydrogen-bond acceptors (Lipinski definition) is 4. The van der Waals surface area contributed by atoms with Crippen LogP contribution in [0.2, 0.25) is 1.41 Å². The molecule has 4 nitrogen and oxygen atoms in total. The molecule has 0 fully saturated rings. The van der Waals surface area contributed by atoms with E-state index in [-0.39, 0.29) is 17.3 Å². The Hall–Kier alpha value is -1.82. The second-order valence-electron chi connectivity index (χ2n) is 3.20. The molecule has 0 bridgehead atoms. The first-order chi connectivity index (χ1) is 8.65. The molecule has 0 spiro atoms. The van der Waals surface area contributed by atoms with Gasteiger partial charge in [-0.15, -0.1) is 0 Å². The summed E-state index contributed by atoms with van der Waals surface area (Å²) in [6, 6.07) is 5.50. The van der Waals surface area contributed by atoms with Gasteiger partial charge in [0.15, 0.2) is 12.9 Å². The van der Waals surface area contributed by atoms with Gasteiger partial charge in [0.05, 0.1) is 0 Å². The van der Waals surface area contributed by atoms with Gasteiger partial charge in [0, 0.05) is 5.56 Å². The summed E-state index contributed by atoms with van der Waals surface area (Å²) in [4.78, 5) is 15.5. The van der Waals surface area contributed by atoms with Gasteiger partial charge in [0.25, 0.3) is 11.1 Å². The molecule has 1 aromatic carbocycles. The van der Waals surface area contributed by atoms with Crippen molar-refractivity contribution in [1.29, 1.82) is 0 Å². The van der Waals surface area contributed by atoms with Gasteiger partial charge in [-0.05, 0) is 30.5 Å². The average Bonchev–Trinajstić information content (AvgIpc) is 2.83. The highest BCUT2D eigenvalue weighted by molar-refractivity contribution is 7.98. The van der Waals surface area contributed by atoms with E-state index in [0.29, 0.717) is 10.8 Å². The van der Waals surface area contributed by atoms with Crippen molar-refractivity contribution >= 4 is 17.7 Å². The summed E-state index contributed by atoms with van der Waals surface area (Å²) < 4.78 is 25.1. The molecule has 0 atom stereocenters. The number of oxazole rings is 1. The fourth-order valence-corrected chi connectivity index (χ4v) is 1.69. The highest BCUT2D eigenvalue weighted by atomic mass is 32.2. The van der Waals surface area contributed by atoms with E-state index in [1.54, 1.807) is 12.0 Å². The third-order valence-electron chi connectivity index (χ3n) is 2.10. The maximum absolute atomic E-state index is 12.8. The molecule has 0 saturated carbocycles. The molecule has 0 radical (unpaired) electrons. The van der Waals surface area contributed by atoms with Crippen LogP contribution in [-0.4, -0.2) is 17.1 Å². The van der Waals surface area contributed by atoms with Crippen molar-refractivity contribution in [3.8, 4) is 11.3 Å². The van der Waals surface area contributed by atoms with Gasteiger partial charge < -0.3 is 10.1 Å². The molecule has 1 amide bonds. The van der Waals surface area contributed by atoms with Crippen molar-refractivity contribution in [3.05, 3.63) is 35.8 Å². The maximum atomic E-state index is 12.8. The lowest BCUT2D eigenvalue weighted by Crippen LogP contribution is -2.12. The van der Waals surface area contributed by atoms with E-state index in [9.17, 15) is 9.18 Å². The Morgan fingerprint density at radius 3 is 2.82 bits per heavy atom. The number of rotatable bonds is 3. The number of primary amides is 1. The summed E-state index contributed by atoms with van der Waals surface area (Å²) in [6.45, 7) is 0. The summed E-state index contributed by atoms with van der Waals surface area (Å²) >= 11 is 1.24. The molecule has 17 heavy (non-hydrogen) atoms. The zero-order chi connectivity index (χ0) is 13.1. The molecule has 0 aliphatic carbocycles. The van der Waals surface area contributed by atoms with Crippen LogP contribution >= 0.6 is 11.8 Å². The quantitative estimate of drug-likeness (QED) is 0.852. The molecule has 1 aromatic heterocycles. The molecule has 0 aliphatic heterocycles. The van der Waals surface area contributed by atoms with E-state index in [0.717, 1.165) is 0 Å². The van der Waals surface area contributed by atoms with Crippen LogP contribution in [0.4, 0.5) is 4.39 Å². The smallest absolute Gasteiger partial charge is 0.271 e. The van der Waals surface area contributed by atoms with E-state index in [1.165, 1.54) is 36.0 Å². The van der Waals surface area contributed by atoms with Crippen LogP contribution in [0.25, 0.3) is 11.3 Å². The molecule has 1 heterocycles. The van der Waals surface area contributed by atoms with Crippen LogP contribution in [0.15, 0.2) is 33.9 Å². The molecular formula is C11H9FN2O2S. The van der Waals surface area contributed by atoms with Crippen LogP contribution in [0.3, 0.4) is 0 Å². The zero-order valence-corrected chi connectivity index (χ0v) is 9.68. The lowest BCUT2D eigenvalue weighted by atomic mass is 10.1. The van der Waals surface area contributed by atoms with Gasteiger partial charge in [-0.25, -0.2) is 4.39 Å². The first-order valence-electron chi connectivity index (χ1n) is 5.18. The number of halogens is 1. The van der Waals surface area contributed by atoms with Crippen LogP contribution < -0.4 is 5.73 Å². The maximum Gasteiger partial charge on any atom is 0.271 e. The molecule has 0 unspecified atom stereocenters. The fourth-order valence-electron chi connectivity index (χ4n) is 1.34. The van der Waals surface area contributed by atoms with Gasteiger partial charge in [0.1, 0.15) is 5.82 Å². The normalized spacial score (nSPS) is 11.1. The summed E-state index contributed by atoms with van der Waals surface area (Å²) in [5.41, 5.74) is 2.29. The van der Waals surface area contributed by atoms with Crippen molar-refractivity contribution in [2.75, 3.05) is 6.26 Å². The van der Waals surface area contributed by atoms with Gasteiger partial charge >= 0.3 is 0 Å². The van der Waals surface area contributed by atoms with Crippen LogP contribution in [0, 0.1) is 5.82 Å². The van der Waals surface area contributed by atoms with E-state index in [1.807, 2.05) is 0 Å². The Morgan fingerprint density at radius 1 is 1.53 bits per heavy atom. The van der Waals surface area contributed by atoms with Crippen LogP contribution in [0.5, 0.6) is 0 Å². The van der Waals surface area contributed by atoms with Crippen molar-refractivity contribution < 1.29 is 15.0 Å². The lowest BCUT2D eigenvalue weighted by Gasteiger charge is -1.97. The average molecular weight is 253 g/mol. The zero-order valence-electron chi connectivity index (χ0n) is 9.86. The molecule has 6 heteroatoms. The predicted octanol–water partition coefficient (Wildman–Crippen LogP) is 2.30. The van der Waals surface area contributed by atoms with E-state index in [2.05, 4.69) is 4.98 Å². The first kappa shape index (κ1) is 10.3. The number of aromatic nitrogens is 1. The minimum absolute atomic E-state index is 0.0148.